The van der Waals surface area contributed by atoms with E-state index in [9.17, 15) is 8.42 Å². The van der Waals surface area contributed by atoms with Crippen molar-refractivity contribution >= 4 is 9.84 Å². The van der Waals surface area contributed by atoms with Crippen LogP contribution in [-0.2, 0) is 9.84 Å². The molecule has 0 N–H and O–H groups in total. The Morgan fingerprint density at radius 1 is 1.27 bits per heavy atom. The van der Waals surface area contributed by atoms with Crippen LogP contribution < -0.4 is 4.74 Å². The quantitative estimate of drug-likeness (QED) is 0.774. The van der Waals surface area contributed by atoms with E-state index < -0.39 is 9.84 Å². The van der Waals surface area contributed by atoms with E-state index >= 15 is 0 Å². The molecule has 1 aliphatic rings. The molecule has 0 aliphatic carbocycles. The van der Waals surface area contributed by atoms with E-state index in [2.05, 4.69) is 0 Å². The average Bonchev–Trinajstić information content (AvgIpc) is 2.58. The molecule has 0 spiro atoms. The van der Waals surface area contributed by atoms with Gasteiger partial charge < -0.3 is 4.74 Å². The van der Waals surface area contributed by atoms with E-state index in [0.717, 1.165) is 24.2 Å². The minimum Gasteiger partial charge on any atom is -0.497 e. The number of benzene rings is 1. The minimum absolute atomic E-state index is 0.302. The van der Waals surface area contributed by atoms with E-state index in [4.69, 9.17) is 4.74 Å². The Labute approximate surface area is 90.0 Å². The molecule has 1 aromatic carbocycles. The highest BCUT2D eigenvalue weighted by Crippen LogP contribution is 2.34. The Kier molecular flexibility index (Phi) is 2.69. The topological polar surface area (TPSA) is 43.4 Å². The van der Waals surface area contributed by atoms with Gasteiger partial charge in [-0.3, -0.25) is 0 Å². The van der Waals surface area contributed by atoms with Crippen molar-refractivity contribution in [3.05, 3.63) is 29.8 Å². The monoisotopic (exact) mass is 226 g/mol. The number of hydrogen-bond acceptors (Lipinski definition) is 3. The summed E-state index contributed by atoms with van der Waals surface area (Å²) in [6.07, 6.45) is 1.52. The lowest BCUT2D eigenvalue weighted by molar-refractivity contribution is 0.414. The maximum atomic E-state index is 11.7. The van der Waals surface area contributed by atoms with Crippen LogP contribution in [0.25, 0.3) is 0 Å². The van der Waals surface area contributed by atoms with E-state index in [0.29, 0.717) is 5.75 Å². The van der Waals surface area contributed by atoms with Gasteiger partial charge in [-0.1, -0.05) is 12.1 Å². The molecule has 1 saturated heterocycles. The number of sulfone groups is 1. The zero-order valence-electron chi connectivity index (χ0n) is 8.64. The lowest BCUT2D eigenvalue weighted by atomic mass is 10.1. The van der Waals surface area contributed by atoms with Crippen molar-refractivity contribution in [1.29, 1.82) is 0 Å². The molecule has 0 aromatic heterocycles. The summed E-state index contributed by atoms with van der Waals surface area (Å²) < 4.78 is 28.4. The number of hydrogen-bond donors (Lipinski definition) is 0. The van der Waals surface area contributed by atoms with Crippen LogP contribution in [-0.4, -0.2) is 21.3 Å². The summed E-state index contributed by atoms with van der Waals surface area (Å²) >= 11 is 0. The first-order chi connectivity index (χ1) is 7.13. The summed E-state index contributed by atoms with van der Waals surface area (Å²) in [7, 11) is -1.30. The summed E-state index contributed by atoms with van der Waals surface area (Å²) in [4.78, 5) is 0. The van der Waals surface area contributed by atoms with Gasteiger partial charge in [-0.2, -0.15) is 0 Å². The van der Waals surface area contributed by atoms with Crippen molar-refractivity contribution in [2.75, 3.05) is 12.9 Å². The molecule has 4 heteroatoms. The molecule has 2 rings (SSSR count). The smallest absolute Gasteiger partial charge is 0.157 e. The fraction of sp³-hybridized carbons (Fsp3) is 0.455. The van der Waals surface area contributed by atoms with Crippen molar-refractivity contribution in [1.82, 2.24) is 0 Å². The molecule has 1 heterocycles. The standard InChI is InChI=1S/C11H14O3S/c1-14-10-6-4-9(5-7-10)11-3-2-8-15(11,12)13/h4-7,11H,2-3,8H2,1H3. The van der Waals surface area contributed by atoms with E-state index in [-0.39, 0.29) is 5.25 Å². The fourth-order valence-corrected chi connectivity index (χ4v) is 3.94. The van der Waals surface area contributed by atoms with Crippen molar-refractivity contribution in [3.63, 3.8) is 0 Å². The summed E-state index contributed by atoms with van der Waals surface area (Å²) in [6.45, 7) is 0. The third-order valence-electron chi connectivity index (χ3n) is 2.82. The average molecular weight is 226 g/mol. The third-order valence-corrected chi connectivity index (χ3v) is 5.05. The molecule has 0 bridgehead atoms. The van der Waals surface area contributed by atoms with Gasteiger partial charge in [0.05, 0.1) is 18.1 Å². The maximum absolute atomic E-state index is 11.7. The molecule has 0 radical (unpaired) electrons. The summed E-state index contributed by atoms with van der Waals surface area (Å²) in [6, 6.07) is 7.30. The lowest BCUT2D eigenvalue weighted by Gasteiger charge is -2.09. The molecule has 82 valence electrons. The van der Waals surface area contributed by atoms with Gasteiger partial charge in [0.2, 0.25) is 0 Å². The van der Waals surface area contributed by atoms with Crippen molar-refractivity contribution in [2.24, 2.45) is 0 Å². The molecule has 0 saturated carbocycles. The van der Waals surface area contributed by atoms with Gasteiger partial charge in [0.25, 0.3) is 0 Å². The first-order valence-electron chi connectivity index (χ1n) is 4.99. The Balaban J connectivity index is 2.30. The lowest BCUT2D eigenvalue weighted by Crippen LogP contribution is -2.07. The van der Waals surface area contributed by atoms with Crippen LogP contribution in [0.3, 0.4) is 0 Å². The second-order valence-electron chi connectivity index (χ2n) is 3.77. The predicted octanol–water partition coefficient (Wildman–Crippen LogP) is 1.94. The Morgan fingerprint density at radius 2 is 1.93 bits per heavy atom. The van der Waals surface area contributed by atoms with Crippen molar-refractivity contribution < 1.29 is 13.2 Å². The number of rotatable bonds is 2. The zero-order chi connectivity index (χ0) is 10.9. The van der Waals surface area contributed by atoms with Gasteiger partial charge in [-0.15, -0.1) is 0 Å². The first-order valence-corrected chi connectivity index (χ1v) is 6.70. The normalized spacial score (nSPS) is 23.9. The first kappa shape index (κ1) is 10.5. The molecular weight excluding hydrogens is 212 g/mol. The van der Waals surface area contributed by atoms with Crippen LogP contribution in [0.2, 0.25) is 0 Å². The Hall–Kier alpha value is -1.03. The van der Waals surface area contributed by atoms with Gasteiger partial charge in [0, 0.05) is 0 Å². The molecule has 1 unspecified atom stereocenters. The second-order valence-corrected chi connectivity index (χ2v) is 6.07. The van der Waals surface area contributed by atoms with Crippen LogP contribution in [0.4, 0.5) is 0 Å². The molecule has 1 atom stereocenters. The largest absolute Gasteiger partial charge is 0.497 e. The van der Waals surface area contributed by atoms with Crippen LogP contribution >= 0.6 is 0 Å². The van der Waals surface area contributed by atoms with Crippen LogP contribution in [0.5, 0.6) is 5.75 Å². The van der Waals surface area contributed by atoms with Crippen molar-refractivity contribution in [2.45, 2.75) is 18.1 Å². The van der Waals surface area contributed by atoms with Gasteiger partial charge in [-0.25, -0.2) is 8.42 Å². The van der Waals surface area contributed by atoms with Crippen molar-refractivity contribution in [3.8, 4) is 5.75 Å². The molecule has 1 fully saturated rings. The molecular formula is C11H14O3S. The highest BCUT2D eigenvalue weighted by Gasteiger charge is 2.32. The zero-order valence-corrected chi connectivity index (χ0v) is 9.46. The maximum Gasteiger partial charge on any atom is 0.157 e. The van der Waals surface area contributed by atoms with Gasteiger partial charge in [0.1, 0.15) is 5.75 Å². The fourth-order valence-electron chi connectivity index (χ4n) is 1.98. The van der Waals surface area contributed by atoms with E-state index in [1.165, 1.54) is 0 Å². The molecule has 0 amide bonds. The number of ether oxygens (including phenoxy) is 1. The van der Waals surface area contributed by atoms with Gasteiger partial charge in [0.15, 0.2) is 9.84 Å². The number of methoxy groups -OCH3 is 1. The summed E-state index contributed by atoms with van der Waals surface area (Å²) in [5.74, 6) is 1.08. The van der Waals surface area contributed by atoms with Crippen LogP contribution in [0.15, 0.2) is 24.3 Å². The highest BCUT2D eigenvalue weighted by atomic mass is 32.2. The summed E-state index contributed by atoms with van der Waals surface area (Å²) in [5, 5.41) is -0.302. The van der Waals surface area contributed by atoms with Gasteiger partial charge >= 0.3 is 0 Å². The highest BCUT2D eigenvalue weighted by molar-refractivity contribution is 7.91. The summed E-state index contributed by atoms with van der Waals surface area (Å²) in [5.41, 5.74) is 0.883. The molecule has 1 aliphatic heterocycles. The van der Waals surface area contributed by atoms with Crippen LogP contribution in [0, 0.1) is 0 Å². The Morgan fingerprint density at radius 3 is 2.40 bits per heavy atom. The third kappa shape index (κ3) is 2.00. The SMILES string of the molecule is COc1ccc(C2CCCS2(=O)=O)cc1. The van der Waals surface area contributed by atoms with E-state index in [1.54, 1.807) is 7.11 Å². The van der Waals surface area contributed by atoms with Crippen LogP contribution in [0.1, 0.15) is 23.7 Å². The molecule has 1 aromatic rings. The van der Waals surface area contributed by atoms with Gasteiger partial charge in [-0.05, 0) is 30.5 Å². The Bertz CT molecular complexity index is 433. The molecule has 15 heavy (non-hydrogen) atoms. The molecule has 3 nitrogen and oxygen atoms in total. The van der Waals surface area contributed by atoms with E-state index in [1.807, 2.05) is 24.3 Å². The minimum atomic E-state index is -2.90. The second kappa shape index (κ2) is 3.85. The predicted molar refractivity (Wildman–Crippen MR) is 58.8 cm³/mol.